The molecule has 0 spiro atoms. The third-order valence-electron chi connectivity index (χ3n) is 2.88. The van der Waals surface area contributed by atoms with Gasteiger partial charge in [0.15, 0.2) is 0 Å². The van der Waals surface area contributed by atoms with Gasteiger partial charge in [-0.2, -0.15) is 5.26 Å². The van der Waals surface area contributed by atoms with Crippen LogP contribution < -0.4 is 0 Å². The van der Waals surface area contributed by atoms with Gasteiger partial charge in [-0.15, -0.1) is 0 Å². The fraction of sp³-hybridized carbons (Fsp3) is 0.889. The average Bonchev–Trinajstić information content (AvgIpc) is 2.15. The van der Waals surface area contributed by atoms with Crippen LogP contribution in [0.2, 0.25) is 0 Å². The Bertz CT molecular complexity index is 323. The minimum atomic E-state index is -3.03. The molecule has 1 rings (SSSR count). The molecule has 1 heterocycles. The van der Waals surface area contributed by atoms with Crippen molar-refractivity contribution >= 4 is 10.0 Å². The van der Waals surface area contributed by atoms with Crippen molar-refractivity contribution in [1.82, 2.24) is 4.31 Å². The Hall–Kier alpha value is -0.600. The normalized spacial score (nSPS) is 22.9. The Morgan fingerprint density at radius 1 is 1.43 bits per heavy atom. The average molecular weight is 216 g/mol. The van der Waals surface area contributed by atoms with Gasteiger partial charge in [0.25, 0.3) is 0 Å². The zero-order valence-electron chi connectivity index (χ0n) is 8.60. The summed E-state index contributed by atoms with van der Waals surface area (Å²) < 4.78 is 23.9. The second kappa shape index (κ2) is 4.28. The van der Waals surface area contributed by atoms with Crippen LogP contribution in [0.1, 0.15) is 19.8 Å². The van der Waals surface area contributed by atoms with E-state index in [0.29, 0.717) is 19.0 Å². The summed E-state index contributed by atoms with van der Waals surface area (Å²) in [5.41, 5.74) is 0. The molecule has 0 aromatic heterocycles. The van der Waals surface area contributed by atoms with Crippen LogP contribution in [0, 0.1) is 23.2 Å². The van der Waals surface area contributed by atoms with Crippen molar-refractivity contribution in [2.75, 3.05) is 19.3 Å². The first-order valence-corrected chi connectivity index (χ1v) is 6.64. The van der Waals surface area contributed by atoms with Gasteiger partial charge in [-0.1, -0.05) is 0 Å². The molecule has 0 aromatic carbocycles. The van der Waals surface area contributed by atoms with Gasteiger partial charge >= 0.3 is 0 Å². The van der Waals surface area contributed by atoms with Crippen molar-refractivity contribution in [2.45, 2.75) is 19.8 Å². The molecule has 0 aromatic rings. The second-order valence-electron chi connectivity index (χ2n) is 3.92. The number of rotatable bonds is 2. The van der Waals surface area contributed by atoms with Gasteiger partial charge in [0.1, 0.15) is 0 Å². The van der Waals surface area contributed by atoms with Crippen LogP contribution in [0.5, 0.6) is 0 Å². The molecule has 1 unspecified atom stereocenters. The molecule has 1 aliphatic heterocycles. The lowest BCUT2D eigenvalue weighted by Crippen LogP contribution is -2.38. The van der Waals surface area contributed by atoms with Gasteiger partial charge in [-0.05, 0) is 25.7 Å². The smallest absolute Gasteiger partial charge is 0.211 e. The summed E-state index contributed by atoms with van der Waals surface area (Å²) >= 11 is 0. The molecule has 0 aliphatic carbocycles. The SMILES string of the molecule is CC(C#N)C1CCN(S(C)(=O)=O)CC1. The van der Waals surface area contributed by atoms with Crippen molar-refractivity contribution in [3.63, 3.8) is 0 Å². The van der Waals surface area contributed by atoms with E-state index in [1.165, 1.54) is 10.6 Å². The number of hydrogen-bond donors (Lipinski definition) is 0. The maximum atomic E-state index is 11.2. The molecule has 5 heteroatoms. The molecule has 14 heavy (non-hydrogen) atoms. The summed E-state index contributed by atoms with van der Waals surface area (Å²) in [6, 6.07) is 2.22. The van der Waals surface area contributed by atoms with Crippen LogP contribution in [0.25, 0.3) is 0 Å². The number of nitrogens with zero attached hydrogens (tertiary/aromatic N) is 2. The zero-order valence-corrected chi connectivity index (χ0v) is 9.42. The Morgan fingerprint density at radius 3 is 2.29 bits per heavy atom. The first-order valence-electron chi connectivity index (χ1n) is 4.80. The molecule has 4 nitrogen and oxygen atoms in total. The molecule has 1 atom stereocenters. The van der Waals surface area contributed by atoms with Gasteiger partial charge in [0, 0.05) is 19.0 Å². The largest absolute Gasteiger partial charge is 0.213 e. The van der Waals surface area contributed by atoms with Gasteiger partial charge in [0.2, 0.25) is 10.0 Å². The molecule has 0 radical (unpaired) electrons. The highest BCUT2D eigenvalue weighted by molar-refractivity contribution is 7.88. The predicted molar refractivity (Wildman–Crippen MR) is 53.9 cm³/mol. The molecule has 0 saturated carbocycles. The maximum absolute atomic E-state index is 11.2. The lowest BCUT2D eigenvalue weighted by molar-refractivity contribution is 0.243. The standard InChI is InChI=1S/C9H16N2O2S/c1-8(7-10)9-3-5-11(6-4-9)14(2,12)13/h8-9H,3-6H2,1-2H3. The first-order chi connectivity index (χ1) is 6.45. The Balaban J connectivity index is 2.52. The number of sulfonamides is 1. The molecule has 1 fully saturated rings. The molecule has 1 aliphatic rings. The third kappa shape index (κ3) is 2.69. The van der Waals surface area contributed by atoms with E-state index >= 15 is 0 Å². The molecule has 1 saturated heterocycles. The molecule has 0 amide bonds. The molecule has 0 bridgehead atoms. The summed E-state index contributed by atoms with van der Waals surface area (Å²) in [6.45, 7) is 3.03. The van der Waals surface area contributed by atoms with Gasteiger partial charge in [0.05, 0.1) is 12.3 Å². The van der Waals surface area contributed by atoms with Crippen LogP contribution >= 0.6 is 0 Å². The molecular formula is C9H16N2O2S. The van der Waals surface area contributed by atoms with Crippen molar-refractivity contribution in [1.29, 1.82) is 5.26 Å². The number of nitriles is 1. The summed E-state index contributed by atoms with van der Waals surface area (Å²) in [6.07, 6.45) is 2.85. The Kier molecular flexibility index (Phi) is 3.51. The predicted octanol–water partition coefficient (Wildman–Crippen LogP) is 0.818. The van der Waals surface area contributed by atoms with E-state index in [0.717, 1.165) is 12.8 Å². The number of piperidine rings is 1. The summed E-state index contributed by atoms with van der Waals surface area (Å²) in [7, 11) is -3.03. The van der Waals surface area contributed by atoms with Crippen molar-refractivity contribution < 1.29 is 8.42 Å². The monoisotopic (exact) mass is 216 g/mol. The second-order valence-corrected chi connectivity index (χ2v) is 5.90. The first kappa shape index (κ1) is 11.5. The van der Waals surface area contributed by atoms with Gasteiger partial charge in [-0.25, -0.2) is 12.7 Å². The Labute approximate surface area is 85.6 Å². The van der Waals surface area contributed by atoms with Crippen molar-refractivity contribution in [3.8, 4) is 6.07 Å². The minimum Gasteiger partial charge on any atom is -0.213 e. The lowest BCUT2D eigenvalue weighted by atomic mass is 9.87. The molecule has 0 N–H and O–H groups in total. The molecular weight excluding hydrogens is 200 g/mol. The van der Waals surface area contributed by atoms with Crippen LogP contribution in [-0.4, -0.2) is 32.1 Å². The van der Waals surface area contributed by atoms with Crippen LogP contribution in [0.3, 0.4) is 0 Å². The van der Waals surface area contributed by atoms with E-state index in [1.54, 1.807) is 0 Å². The van der Waals surface area contributed by atoms with Gasteiger partial charge in [-0.3, -0.25) is 0 Å². The van der Waals surface area contributed by atoms with E-state index in [-0.39, 0.29) is 5.92 Å². The fourth-order valence-electron chi connectivity index (χ4n) is 1.81. The zero-order chi connectivity index (χ0) is 10.8. The van der Waals surface area contributed by atoms with E-state index in [1.807, 2.05) is 6.92 Å². The van der Waals surface area contributed by atoms with Crippen LogP contribution in [0.4, 0.5) is 0 Å². The quantitative estimate of drug-likeness (QED) is 0.686. The van der Waals surface area contributed by atoms with Crippen molar-refractivity contribution in [2.24, 2.45) is 11.8 Å². The highest BCUT2D eigenvalue weighted by Gasteiger charge is 2.27. The maximum Gasteiger partial charge on any atom is 0.211 e. The topological polar surface area (TPSA) is 61.2 Å². The highest BCUT2D eigenvalue weighted by atomic mass is 32.2. The van der Waals surface area contributed by atoms with Crippen molar-refractivity contribution in [3.05, 3.63) is 0 Å². The van der Waals surface area contributed by atoms with Crippen LogP contribution in [-0.2, 0) is 10.0 Å². The van der Waals surface area contributed by atoms with E-state index in [2.05, 4.69) is 6.07 Å². The lowest BCUT2D eigenvalue weighted by Gasteiger charge is -2.31. The molecule has 80 valence electrons. The third-order valence-corrected chi connectivity index (χ3v) is 4.18. The van der Waals surface area contributed by atoms with Crippen LogP contribution in [0.15, 0.2) is 0 Å². The highest BCUT2D eigenvalue weighted by Crippen LogP contribution is 2.25. The summed E-state index contributed by atoms with van der Waals surface area (Å²) in [5, 5.41) is 8.73. The van der Waals surface area contributed by atoms with Gasteiger partial charge < -0.3 is 0 Å². The Morgan fingerprint density at radius 2 is 1.93 bits per heavy atom. The van der Waals surface area contributed by atoms with E-state index in [9.17, 15) is 8.42 Å². The number of hydrogen-bond acceptors (Lipinski definition) is 3. The van der Waals surface area contributed by atoms with E-state index < -0.39 is 10.0 Å². The van der Waals surface area contributed by atoms with E-state index in [4.69, 9.17) is 5.26 Å². The summed E-state index contributed by atoms with van der Waals surface area (Å²) in [5.74, 6) is 0.398. The fourth-order valence-corrected chi connectivity index (χ4v) is 2.69. The minimum absolute atomic E-state index is 0.0386. The summed E-state index contributed by atoms with van der Waals surface area (Å²) in [4.78, 5) is 0.